The van der Waals surface area contributed by atoms with Crippen LogP contribution in [0.2, 0.25) is 0 Å². The second-order valence-corrected chi connectivity index (χ2v) is 5.38. The Morgan fingerprint density at radius 1 is 1.27 bits per heavy atom. The van der Waals surface area contributed by atoms with Crippen LogP contribution in [-0.4, -0.2) is 25.7 Å². The van der Waals surface area contributed by atoms with E-state index >= 15 is 0 Å². The van der Waals surface area contributed by atoms with Crippen molar-refractivity contribution in [1.82, 2.24) is 10.3 Å². The maximum absolute atomic E-state index is 5.84. The van der Waals surface area contributed by atoms with Gasteiger partial charge in [-0.15, -0.1) is 17.9 Å². The summed E-state index contributed by atoms with van der Waals surface area (Å²) in [6, 6.07) is 5.53. The van der Waals surface area contributed by atoms with Gasteiger partial charge < -0.3 is 19.5 Å². The Hall–Kier alpha value is -2.05. The zero-order valence-electron chi connectivity index (χ0n) is 12.8. The molecule has 1 aromatic carbocycles. The van der Waals surface area contributed by atoms with Crippen molar-refractivity contribution in [2.24, 2.45) is 0 Å². The predicted octanol–water partition coefficient (Wildman–Crippen LogP) is 3.01. The standard InChI is InChI=1S/C16H20N2O3S/c1-4-8-17-9-12-11-22-15(18-12)10-21-16-13(19-2)6-5-7-14(16)20-3/h4-7,11,17H,1,8-10H2,2-3H3. The molecule has 0 atom stereocenters. The van der Waals surface area contributed by atoms with E-state index in [0.717, 1.165) is 23.8 Å². The van der Waals surface area contributed by atoms with Crippen molar-refractivity contribution >= 4 is 11.3 Å². The van der Waals surface area contributed by atoms with Crippen LogP contribution in [0.1, 0.15) is 10.7 Å². The number of methoxy groups -OCH3 is 2. The minimum Gasteiger partial charge on any atom is -0.493 e. The first-order valence-electron chi connectivity index (χ1n) is 6.87. The zero-order chi connectivity index (χ0) is 15.8. The molecular weight excluding hydrogens is 300 g/mol. The fourth-order valence-corrected chi connectivity index (χ4v) is 2.60. The quantitative estimate of drug-likeness (QED) is 0.568. The fraction of sp³-hybridized carbons (Fsp3) is 0.312. The number of rotatable bonds is 9. The molecule has 2 aromatic rings. The topological polar surface area (TPSA) is 52.6 Å². The number of aromatic nitrogens is 1. The Kier molecular flexibility index (Phi) is 6.24. The van der Waals surface area contributed by atoms with Crippen LogP contribution < -0.4 is 19.5 Å². The number of nitrogens with zero attached hydrogens (tertiary/aromatic N) is 1. The van der Waals surface area contributed by atoms with Gasteiger partial charge in [0.05, 0.1) is 19.9 Å². The smallest absolute Gasteiger partial charge is 0.203 e. The van der Waals surface area contributed by atoms with E-state index in [1.54, 1.807) is 25.6 Å². The Balaban J connectivity index is 1.99. The number of benzene rings is 1. The van der Waals surface area contributed by atoms with Crippen molar-refractivity contribution in [1.29, 1.82) is 0 Å². The molecule has 6 heteroatoms. The normalized spacial score (nSPS) is 10.3. The van der Waals surface area contributed by atoms with E-state index in [1.165, 1.54) is 0 Å². The third-order valence-corrected chi connectivity index (χ3v) is 3.79. The van der Waals surface area contributed by atoms with Gasteiger partial charge in [-0.05, 0) is 12.1 Å². The molecule has 0 radical (unpaired) electrons. The zero-order valence-corrected chi connectivity index (χ0v) is 13.6. The lowest BCUT2D eigenvalue weighted by molar-refractivity contribution is 0.265. The van der Waals surface area contributed by atoms with Gasteiger partial charge in [-0.3, -0.25) is 0 Å². The molecule has 118 valence electrons. The van der Waals surface area contributed by atoms with Crippen LogP contribution in [0, 0.1) is 0 Å². The first-order chi connectivity index (χ1) is 10.8. The van der Waals surface area contributed by atoms with Crippen LogP contribution in [0.25, 0.3) is 0 Å². The molecule has 5 nitrogen and oxygen atoms in total. The van der Waals surface area contributed by atoms with Gasteiger partial charge in [-0.25, -0.2) is 4.98 Å². The molecule has 0 unspecified atom stereocenters. The Labute approximate surface area is 134 Å². The molecule has 2 rings (SSSR count). The molecule has 1 heterocycles. The Morgan fingerprint density at radius 2 is 2.00 bits per heavy atom. The third-order valence-electron chi connectivity index (χ3n) is 2.92. The molecule has 0 aliphatic rings. The molecule has 0 bridgehead atoms. The van der Waals surface area contributed by atoms with Crippen molar-refractivity contribution in [2.75, 3.05) is 20.8 Å². The summed E-state index contributed by atoms with van der Waals surface area (Å²) in [5.41, 5.74) is 0.998. The Bertz CT molecular complexity index is 591. The third kappa shape index (κ3) is 4.22. The van der Waals surface area contributed by atoms with Gasteiger partial charge >= 0.3 is 0 Å². The van der Waals surface area contributed by atoms with Crippen molar-refractivity contribution in [3.63, 3.8) is 0 Å². The maximum Gasteiger partial charge on any atom is 0.203 e. The summed E-state index contributed by atoms with van der Waals surface area (Å²) >= 11 is 1.57. The summed E-state index contributed by atoms with van der Waals surface area (Å²) in [4.78, 5) is 4.52. The van der Waals surface area contributed by atoms with Crippen molar-refractivity contribution in [3.8, 4) is 17.2 Å². The number of ether oxygens (including phenoxy) is 3. The summed E-state index contributed by atoms with van der Waals surface area (Å²) < 4.78 is 16.4. The molecule has 1 N–H and O–H groups in total. The largest absolute Gasteiger partial charge is 0.493 e. The van der Waals surface area contributed by atoms with Gasteiger partial charge in [0.15, 0.2) is 11.5 Å². The number of hydrogen-bond acceptors (Lipinski definition) is 6. The van der Waals surface area contributed by atoms with E-state index in [9.17, 15) is 0 Å². The maximum atomic E-state index is 5.84. The molecular formula is C16H20N2O3S. The lowest BCUT2D eigenvalue weighted by Crippen LogP contribution is -2.12. The highest BCUT2D eigenvalue weighted by Gasteiger charge is 2.12. The van der Waals surface area contributed by atoms with Crippen molar-refractivity contribution < 1.29 is 14.2 Å². The lowest BCUT2D eigenvalue weighted by Gasteiger charge is -2.13. The van der Waals surface area contributed by atoms with Gasteiger partial charge in [-0.2, -0.15) is 0 Å². The number of thiazole rings is 1. The van der Waals surface area contributed by atoms with Crippen LogP contribution in [0.5, 0.6) is 17.2 Å². The minimum atomic E-state index is 0.378. The molecule has 0 aliphatic carbocycles. The van der Waals surface area contributed by atoms with Crippen LogP contribution in [0.4, 0.5) is 0 Å². The van der Waals surface area contributed by atoms with Gasteiger partial charge in [0.25, 0.3) is 0 Å². The highest BCUT2D eigenvalue weighted by molar-refractivity contribution is 7.09. The van der Waals surface area contributed by atoms with Gasteiger partial charge in [-0.1, -0.05) is 12.1 Å². The van der Waals surface area contributed by atoms with Crippen LogP contribution in [0.3, 0.4) is 0 Å². The first kappa shape index (κ1) is 16.3. The minimum absolute atomic E-state index is 0.378. The first-order valence-corrected chi connectivity index (χ1v) is 7.75. The molecule has 0 saturated heterocycles. The van der Waals surface area contributed by atoms with Gasteiger partial charge in [0.2, 0.25) is 5.75 Å². The van der Waals surface area contributed by atoms with E-state index in [-0.39, 0.29) is 0 Å². The fourth-order valence-electron chi connectivity index (χ4n) is 1.89. The number of para-hydroxylation sites is 1. The summed E-state index contributed by atoms with van der Waals surface area (Å²) in [7, 11) is 3.21. The number of hydrogen-bond donors (Lipinski definition) is 1. The molecule has 0 amide bonds. The second-order valence-electron chi connectivity index (χ2n) is 4.43. The van der Waals surface area contributed by atoms with Crippen molar-refractivity contribution in [2.45, 2.75) is 13.2 Å². The second kappa shape index (κ2) is 8.41. The summed E-state index contributed by atoms with van der Waals surface area (Å²) in [6.45, 7) is 5.53. The van der Waals surface area contributed by atoms with E-state index in [1.807, 2.05) is 29.7 Å². The van der Waals surface area contributed by atoms with Crippen molar-refractivity contribution in [3.05, 3.63) is 46.9 Å². The van der Waals surface area contributed by atoms with E-state index < -0.39 is 0 Å². The average molecular weight is 320 g/mol. The van der Waals surface area contributed by atoms with E-state index in [2.05, 4.69) is 16.9 Å². The van der Waals surface area contributed by atoms with E-state index in [4.69, 9.17) is 14.2 Å². The number of nitrogens with one attached hydrogen (secondary N) is 1. The lowest BCUT2D eigenvalue weighted by atomic mass is 10.3. The molecule has 0 fully saturated rings. The summed E-state index contributed by atoms with van der Waals surface area (Å²) in [6.07, 6.45) is 1.82. The SMILES string of the molecule is C=CCNCc1csc(COc2c(OC)cccc2OC)n1. The molecule has 1 aromatic heterocycles. The highest BCUT2D eigenvalue weighted by atomic mass is 32.1. The van der Waals surface area contributed by atoms with Gasteiger partial charge in [0.1, 0.15) is 11.6 Å². The molecule has 0 aliphatic heterocycles. The van der Waals surface area contributed by atoms with Crippen LogP contribution in [0.15, 0.2) is 36.2 Å². The molecule has 22 heavy (non-hydrogen) atoms. The van der Waals surface area contributed by atoms with E-state index in [0.29, 0.717) is 23.9 Å². The monoisotopic (exact) mass is 320 g/mol. The Morgan fingerprint density at radius 3 is 2.64 bits per heavy atom. The predicted molar refractivity (Wildman–Crippen MR) is 87.9 cm³/mol. The molecule has 0 saturated carbocycles. The summed E-state index contributed by atoms with van der Waals surface area (Å²) in [5.74, 6) is 1.88. The van der Waals surface area contributed by atoms with Gasteiger partial charge in [0, 0.05) is 18.5 Å². The summed E-state index contributed by atoms with van der Waals surface area (Å²) in [5, 5.41) is 6.15. The van der Waals surface area contributed by atoms with Crippen LogP contribution >= 0.6 is 11.3 Å². The van der Waals surface area contributed by atoms with Crippen LogP contribution in [-0.2, 0) is 13.2 Å². The average Bonchev–Trinajstić information content (AvgIpc) is 3.00. The highest BCUT2D eigenvalue weighted by Crippen LogP contribution is 2.37. The molecule has 0 spiro atoms.